The smallest absolute Gasteiger partial charge is 0.327 e. The largest absolute Gasteiger partial charge is 0.451 e. The van der Waals surface area contributed by atoms with E-state index in [0.29, 0.717) is 19.4 Å². The maximum Gasteiger partial charge on any atom is 0.327 e. The topological polar surface area (TPSA) is 105 Å². The van der Waals surface area contributed by atoms with Crippen molar-refractivity contribution in [2.75, 3.05) is 13.1 Å². The highest BCUT2D eigenvalue weighted by Crippen LogP contribution is 2.23. The summed E-state index contributed by atoms with van der Waals surface area (Å²) in [6, 6.07) is 8.97. The standard InChI is InChI=1S/C19H25N3O5/c1-4-20-16(24)13(2)27-15(23)12-22-17(25)19(3,21-18(22)26)11-10-14-8-6-5-7-9-14/h5-9,13H,4,10-12H2,1-3H3,(H,20,24)(H,21,26)/t13-,19-/m1/s1. The van der Waals surface area contributed by atoms with Gasteiger partial charge in [-0.05, 0) is 39.2 Å². The van der Waals surface area contributed by atoms with Crippen molar-refractivity contribution in [2.24, 2.45) is 0 Å². The molecule has 146 valence electrons. The second-order valence-electron chi connectivity index (χ2n) is 6.67. The van der Waals surface area contributed by atoms with Crippen LogP contribution in [0.4, 0.5) is 4.79 Å². The number of carbonyl (C=O) groups excluding carboxylic acids is 4. The minimum absolute atomic E-state index is 0.405. The summed E-state index contributed by atoms with van der Waals surface area (Å²) in [5.41, 5.74) is -0.0345. The summed E-state index contributed by atoms with van der Waals surface area (Å²) >= 11 is 0. The zero-order valence-electron chi connectivity index (χ0n) is 15.8. The summed E-state index contributed by atoms with van der Waals surface area (Å²) < 4.78 is 5.00. The molecule has 1 heterocycles. The van der Waals surface area contributed by atoms with Crippen molar-refractivity contribution in [3.63, 3.8) is 0 Å². The number of nitrogens with zero attached hydrogens (tertiary/aromatic N) is 1. The Hall–Kier alpha value is -2.90. The number of benzene rings is 1. The Balaban J connectivity index is 1.94. The number of aryl methyl sites for hydroxylation is 1. The predicted molar refractivity (Wildman–Crippen MR) is 97.7 cm³/mol. The molecule has 2 atom stereocenters. The SMILES string of the molecule is CCNC(=O)[C@@H](C)OC(=O)CN1C(=O)N[C@](C)(CCc2ccccc2)C1=O. The molecule has 2 rings (SSSR count). The van der Waals surface area contributed by atoms with E-state index in [-0.39, 0.29) is 0 Å². The number of hydrogen-bond acceptors (Lipinski definition) is 5. The van der Waals surface area contributed by atoms with Crippen molar-refractivity contribution in [1.82, 2.24) is 15.5 Å². The van der Waals surface area contributed by atoms with Crippen molar-refractivity contribution in [2.45, 2.75) is 45.3 Å². The van der Waals surface area contributed by atoms with Gasteiger partial charge in [0.05, 0.1) is 0 Å². The first-order chi connectivity index (χ1) is 12.8. The maximum atomic E-state index is 12.7. The molecule has 8 nitrogen and oxygen atoms in total. The molecule has 1 aromatic rings. The van der Waals surface area contributed by atoms with Crippen LogP contribution in [0.2, 0.25) is 0 Å². The van der Waals surface area contributed by atoms with Crippen LogP contribution in [0.5, 0.6) is 0 Å². The minimum Gasteiger partial charge on any atom is -0.451 e. The lowest BCUT2D eigenvalue weighted by Gasteiger charge is -2.21. The molecule has 0 saturated carbocycles. The fraction of sp³-hybridized carbons (Fsp3) is 0.474. The van der Waals surface area contributed by atoms with Gasteiger partial charge in [0.15, 0.2) is 6.10 Å². The van der Waals surface area contributed by atoms with Crippen molar-refractivity contribution < 1.29 is 23.9 Å². The second-order valence-corrected chi connectivity index (χ2v) is 6.67. The molecule has 1 aromatic carbocycles. The van der Waals surface area contributed by atoms with Crippen LogP contribution < -0.4 is 10.6 Å². The molecule has 1 aliphatic rings. The fourth-order valence-corrected chi connectivity index (χ4v) is 2.83. The summed E-state index contributed by atoms with van der Waals surface area (Å²) in [6.45, 7) is 4.69. The maximum absolute atomic E-state index is 12.7. The number of likely N-dealkylation sites (N-methyl/N-ethyl adjacent to an activating group) is 1. The molecular weight excluding hydrogens is 350 g/mol. The highest BCUT2D eigenvalue weighted by molar-refractivity contribution is 6.08. The number of hydrogen-bond donors (Lipinski definition) is 2. The van der Waals surface area contributed by atoms with Gasteiger partial charge in [-0.15, -0.1) is 0 Å². The molecule has 0 aromatic heterocycles. The van der Waals surface area contributed by atoms with Crippen molar-refractivity contribution in [3.8, 4) is 0 Å². The van der Waals surface area contributed by atoms with E-state index < -0.39 is 42.0 Å². The normalized spacial score (nSPS) is 20.2. The van der Waals surface area contributed by atoms with E-state index in [9.17, 15) is 19.2 Å². The van der Waals surface area contributed by atoms with Crippen LogP contribution in [-0.4, -0.2) is 53.4 Å². The number of urea groups is 1. The Morgan fingerprint density at radius 1 is 1.26 bits per heavy atom. The molecule has 0 aliphatic carbocycles. The van der Waals surface area contributed by atoms with Gasteiger partial charge in [-0.3, -0.25) is 19.3 Å². The molecule has 0 bridgehead atoms. The number of amides is 4. The van der Waals surface area contributed by atoms with Gasteiger partial charge < -0.3 is 15.4 Å². The summed E-state index contributed by atoms with van der Waals surface area (Å²) in [5, 5.41) is 5.18. The molecule has 1 fully saturated rings. The molecular formula is C19H25N3O5. The van der Waals surface area contributed by atoms with E-state index in [1.54, 1.807) is 13.8 Å². The average molecular weight is 375 g/mol. The highest BCUT2D eigenvalue weighted by Gasteiger charge is 2.48. The van der Waals surface area contributed by atoms with E-state index in [2.05, 4.69) is 10.6 Å². The monoisotopic (exact) mass is 375 g/mol. The lowest BCUT2D eigenvalue weighted by atomic mass is 9.93. The average Bonchev–Trinajstić information content (AvgIpc) is 2.84. The van der Waals surface area contributed by atoms with Crippen molar-refractivity contribution in [1.29, 1.82) is 0 Å². The third-order valence-electron chi connectivity index (χ3n) is 4.42. The molecule has 2 N–H and O–H groups in total. The van der Waals surface area contributed by atoms with Crippen LogP contribution in [-0.2, 0) is 25.5 Å². The zero-order chi connectivity index (χ0) is 20.0. The minimum atomic E-state index is -1.08. The van der Waals surface area contributed by atoms with E-state index in [1.165, 1.54) is 6.92 Å². The molecule has 8 heteroatoms. The van der Waals surface area contributed by atoms with Gasteiger partial charge in [-0.1, -0.05) is 30.3 Å². The van der Waals surface area contributed by atoms with E-state index in [4.69, 9.17) is 4.74 Å². The summed E-state index contributed by atoms with van der Waals surface area (Å²) in [7, 11) is 0. The van der Waals surface area contributed by atoms with Crippen LogP contribution in [0.3, 0.4) is 0 Å². The predicted octanol–water partition coefficient (Wildman–Crippen LogP) is 0.998. The number of carbonyl (C=O) groups is 4. The van der Waals surface area contributed by atoms with Crippen LogP contribution in [0, 0.1) is 0 Å². The Morgan fingerprint density at radius 3 is 2.56 bits per heavy atom. The molecule has 1 aliphatic heterocycles. The molecule has 0 radical (unpaired) electrons. The van der Waals surface area contributed by atoms with Crippen molar-refractivity contribution >= 4 is 23.8 Å². The first-order valence-corrected chi connectivity index (χ1v) is 8.92. The van der Waals surface area contributed by atoms with Gasteiger partial charge in [0.2, 0.25) is 0 Å². The fourth-order valence-electron chi connectivity index (χ4n) is 2.83. The van der Waals surface area contributed by atoms with Gasteiger partial charge in [0.25, 0.3) is 11.8 Å². The summed E-state index contributed by atoms with van der Waals surface area (Å²) in [4.78, 5) is 49.3. The number of esters is 1. The third kappa shape index (κ3) is 5.06. The van der Waals surface area contributed by atoms with E-state index >= 15 is 0 Å². The highest BCUT2D eigenvalue weighted by atomic mass is 16.5. The lowest BCUT2D eigenvalue weighted by molar-refractivity contribution is -0.156. The van der Waals surface area contributed by atoms with Crippen LogP contribution in [0.25, 0.3) is 0 Å². The second kappa shape index (κ2) is 8.66. The Bertz CT molecular complexity index is 721. The van der Waals surface area contributed by atoms with Crippen LogP contribution in [0.1, 0.15) is 32.8 Å². The molecule has 0 spiro atoms. The van der Waals surface area contributed by atoms with Crippen molar-refractivity contribution in [3.05, 3.63) is 35.9 Å². The zero-order valence-corrected chi connectivity index (χ0v) is 15.8. The summed E-state index contributed by atoms with van der Waals surface area (Å²) in [6.07, 6.45) is 0.0147. The first-order valence-electron chi connectivity index (χ1n) is 8.92. The number of nitrogens with one attached hydrogen (secondary N) is 2. The quantitative estimate of drug-likeness (QED) is 0.521. The van der Waals surface area contributed by atoms with Gasteiger partial charge in [-0.2, -0.15) is 0 Å². The number of rotatable bonds is 8. The molecule has 4 amide bonds. The first kappa shape index (κ1) is 20.4. The Labute approximate surface area is 158 Å². The third-order valence-corrected chi connectivity index (χ3v) is 4.42. The van der Waals surface area contributed by atoms with Gasteiger partial charge in [0.1, 0.15) is 12.1 Å². The van der Waals surface area contributed by atoms with Gasteiger partial charge >= 0.3 is 12.0 Å². The number of ether oxygens (including phenoxy) is 1. The number of imide groups is 1. The van der Waals surface area contributed by atoms with Gasteiger partial charge in [-0.25, -0.2) is 4.79 Å². The lowest BCUT2D eigenvalue weighted by Crippen LogP contribution is -2.45. The van der Waals surface area contributed by atoms with Crippen LogP contribution in [0.15, 0.2) is 30.3 Å². The van der Waals surface area contributed by atoms with Crippen LogP contribution >= 0.6 is 0 Å². The molecule has 0 unspecified atom stereocenters. The van der Waals surface area contributed by atoms with Gasteiger partial charge in [0, 0.05) is 6.54 Å². The summed E-state index contributed by atoms with van der Waals surface area (Å²) in [5.74, 6) is -1.73. The molecule has 1 saturated heterocycles. The Kier molecular flexibility index (Phi) is 6.55. The Morgan fingerprint density at radius 2 is 1.93 bits per heavy atom. The van der Waals surface area contributed by atoms with E-state index in [0.717, 1.165) is 10.5 Å². The van der Waals surface area contributed by atoms with E-state index in [1.807, 2.05) is 30.3 Å². The molecule has 27 heavy (non-hydrogen) atoms.